The first-order valence-electron chi connectivity index (χ1n) is 16.3. The molecule has 3 rings (SSSR count). The van der Waals surface area contributed by atoms with E-state index < -0.39 is 59.5 Å². The van der Waals surface area contributed by atoms with Crippen LogP contribution in [0.4, 0.5) is 13.2 Å². The van der Waals surface area contributed by atoms with E-state index in [1.54, 1.807) is 12.1 Å². The summed E-state index contributed by atoms with van der Waals surface area (Å²) in [6, 6.07) is 15.7. The first-order valence-corrected chi connectivity index (χ1v) is 16.3. The molecule has 0 aliphatic heterocycles. The SMILES string of the molecule is CC(C)C[C@@H](NC(=O)[C@@H](Cc1ccccc1)NC(=O)[C@H](N)Cc1ccccc1)C(=O)N[C@H](CCCCN)C(=O)c1ccc(C(F)(F)F)nc1. The molecule has 0 spiro atoms. The van der Waals surface area contributed by atoms with Crippen LogP contribution < -0.4 is 27.4 Å². The van der Waals surface area contributed by atoms with Crippen LogP contribution >= 0.6 is 0 Å². The zero-order valence-corrected chi connectivity index (χ0v) is 27.7. The number of nitrogens with one attached hydrogen (secondary N) is 3. The van der Waals surface area contributed by atoms with E-state index >= 15 is 0 Å². The van der Waals surface area contributed by atoms with Crippen LogP contribution in [-0.4, -0.2) is 59.2 Å². The molecule has 3 amide bonds. The number of halogens is 3. The van der Waals surface area contributed by atoms with Crippen molar-refractivity contribution in [3.8, 4) is 0 Å². The number of nitrogens with two attached hydrogens (primary N) is 2. The highest BCUT2D eigenvalue weighted by atomic mass is 19.4. The second kappa shape index (κ2) is 18.8. The van der Waals surface area contributed by atoms with Gasteiger partial charge in [0.15, 0.2) is 5.78 Å². The van der Waals surface area contributed by atoms with Gasteiger partial charge in [0.2, 0.25) is 17.7 Å². The Bertz CT molecular complexity index is 1500. The number of unbranched alkanes of at least 4 members (excludes halogenated alkanes) is 1. The molecule has 0 saturated carbocycles. The lowest BCUT2D eigenvalue weighted by atomic mass is 9.97. The average molecular weight is 683 g/mol. The van der Waals surface area contributed by atoms with Gasteiger partial charge >= 0.3 is 6.18 Å². The van der Waals surface area contributed by atoms with Gasteiger partial charge in [-0.3, -0.25) is 24.2 Å². The van der Waals surface area contributed by atoms with Gasteiger partial charge in [-0.05, 0) is 67.8 Å². The summed E-state index contributed by atoms with van der Waals surface area (Å²) >= 11 is 0. The lowest BCUT2D eigenvalue weighted by Crippen LogP contribution is -2.58. The van der Waals surface area contributed by atoms with Crippen LogP contribution in [0, 0.1) is 5.92 Å². The molecule has 1 aromatic heterocycles. The molecule has 0 saturated heterocycles. The molecule has 0 bridgehead atoms. The van der Waals surface area contributed by atoms with Gasteiger partial charge < -0.3 is 27.4 Å². The third-order valence-corrected chi connectivity index (χ3v) is 7.81. The molecule has 1 heterocycles. The number of carbonyl (C=O) groups is 4. The molecule has 0 unspecified atom stereocenters. The molecule has 7 N–H and O–H groups in total. The van der Waals surface area contributed by atoms with E-state index in [1.165, 1.54) is 0 Å². The highest BCUT2D eigenvalue weighted by Gasteiger charge is 2.34. The van der Waals surface area contributed by atoms with Crippen LogP contribution in [0.2, 0.25) is 0 Å². The van der Waals surface area contributed by atoms with E-state index in [-0.39, 0.29) is 37.2 Å². The lowest BCUT2D eigenvalue weighted by Gasteiger charge is -2.27. The summed E-state index contributed by atoms with van der Waals surface area (Å²) in [5.41, 5.74) is 12.2. The molecule has 4 atom stereocenters. The minimum absolute atomic E-state index is 0.0667. The fraction of sp³-hybridized carbons (Fsp3) is 0.417. The van der Waals surface area contributed by atoms with Crippen molar-refractivity contribution in [1.82, 2.24) is 20.9 Å². The Hall–Kier alpha value is -4.62. The number of aromatic nitrogens is 1. The van der Waals surface area contributed by atoms with Crippen molar-refractivity contribution in [2.24, 2.45) is 17.4 Å². The summed E-state index contributed by atoms with van der Waals surface area (Å²) in [6.45, 7) is 4.05. The van der Waals surface area contributed by atoms with Crippen molar-refractivity contribution in [3.05, 3.63) is 101 Å². The number of ketones is 1. The summed E-state index contributed by atoms with van der Waals surface area (Å²) in [5.74, 6) is -2.51. The lowest BCUT2D eigenvalue weighted by molar-refractivity contribution is -0.141. The standard InChI is InChI=1S/C36H45F3N6O4/c1-23(2)19-29(34(48)43-28(15-9-10-18-40)32(46)26-16-17-31(42-22-26)36(37,38)39)45-35(49)30(21-25-13-7-4-8-14-25)44-33(47)27(41)20-24-11-5-3-6-12-24/h3-8,11-14,16-17,22-23,27-30H,9-10,15,18-21,40-41H2,1-2H3,(H,43,48)(H,44,47)(H,45,49)/t27-,28-,29-,30-/m1/s1. The molecule has 10 nitrogen and oxygen atoms in total. The molecular weight excluding hydrogens is 637 g/mol. The van der Waals surface area contributed by atoms with Gasteiger partial charge in [0.25, 0.3) is 0 Å². The van der Waals surface area contributed by atoms with E-state index in [0.29, 0.717) is 25.5 Å². The van der Waals surface area contributed by atoms with Crippen molar-refractivity contribution >= 4 is 23.5 Å². The molecule has 13 heteroatoms. The number of carbonyl (C=O) groups excluding carboxylic acids is 4. The van der Waals surface area contributed by atoms with Crippen molar-refractivity contribution in [3.63, 3.8) is 0 Å². The Balaban J connectivity index is 1.81. The van der Waals surface area contributed by atoms with Gasteiger partial charge in [-0.25, -0.2) is 0 Å². The maximum absolute atomic E-state index is 13.8. The highest BCUT2D eigenvalue weighted by Crippen LogP contribution is 2.27. The second-order valence-corrected chi connectivity index (χ2v) is 12.4. The van der Waals surface area contributed by atoms with E-state index in [2.05, 4.69) is 20.9 Å². The van der Waals surface area contributed by atoms with Crippen LogP contribution in [-0.2, 0) is 33.4 Å². The monoisotopic (exact) mass is 682 g/mol. The van der Waals surface area contributed by atoms with E-state index in [4.69, 9.17) is 11.5 Å². The molecule has 0 fully saturated rings. The predicted octanol–water partition coefficient (Wildman–Crippen LogP) is 3.73. The number of hydrogen-bond donors (Lipinski definition) is 5. The van der Waals surface area contributed by atoms with Gasteiger partial charge in [0.1, 0.15) is 17.8 Å². The summed E-state index contributed by atoms with van der Waals surface area (Å²) in [6.07, 6.45) is -2.11. The van der Waals surface area contributed by atoms with Crippen molar-refractivity contribution < 1.29 is 32.3 Å². The molecular formula is C36H45F3N6O4. The molecule has 0 radical (unpaired) electrons. The number of nitrogens with zero attached hydrogens (tertiary/aromatic N) is 1. The van der Waals surface area contributed by atoms with Gasteiger partial charge in [0.05, 0.1) is 12.1 Å². The highest BCUT2D eigenvalue weighted by molar-refractivity contribution is 6.02. The smallest absolute Gasteiger partial charge is 0.344 e. The van der Waals surface area contributed by atoms with Crippen LogP contribution in [0.5, 0.6) is 0 Å². The number of Topliss-reactive ketones (excluding diaryl/α,β-unsaturated/α-hetero) is 1. The van der Waals surface area contributed by atoms with Crippen LogP contribution in [0.3, 0.4) is 0 Å². The Morgan fingerprint density at radius 3 is 1.82 bits per heavy atom. The minimum Gasteiger partial charge on any atom is -0.344 e. The number of amides is 3. The van der Waals surface area contributed by atoms with Crippen LogP contribution in [0.1, 0.15) is 66.7 Å². The number of benzene rings is 2. The third-order valence-electron chi connectivity index (χ3n) is 7.81. The zero-order chi connectivity index (χ0) is 36.0. The van der Waals surface area contributed by atoms with Crippen LogP contribution in [0.25, 0.3) is 0 Å². The minimum atomic E-state index is -4.68. The van der Waals surface area contributed by atoms with E-state index in [9.17, 15) is 32.3 Å². The molecule has 264 valence electrons. The first kappa shape index (κ1) is 38.8. The maximum Gasteiger partial charge on any atom is 0.433 e. The Morgan fingerprint density at radius 1 is 0.735 bits per heavy atom. The maximum atomic E-state index is 13.8. The molecule has 2 aromatic carbocycles. The summed E-state index contributed by atoms with van der Waals surface area (Å²) < 4.78 is 39.2. The van der Waals surface area contributed by atoms with E-state index in [0.717, 1.165) is 23.4 Å². The topological polar surface area (TPSA) is 169 Å². The number of pyridine rings is 1. The van der Waals surface area contributed by atoms with Gasteiger partial charge in [-0.2, -0.15) is 13.2 Å². The number of rotatable bonds is 18. The molecule has 0 aliphatic rings. The Labute approximate surface area is 284 Å². The van der Waals surface area contributed by atoms with Gasteiger partial charge in [-0.1, -0.05) is 74.5 Å². The predicted molar refractivity (Wildman–Crippen MR) is 180 cm³/mol. The summed E-state index contributed by atoms with van der Waals surface area (Å²) in [5, 5.41) is 8.22. The van der Waals surface area contributed by atoms with Crippen LogP contribution in [0.15, 0.2) is 79.0 Å². The van der Waals surface area contributed by atoms with Crippen molar-refractivity contribution in [2.75, 3.05) is 6.54 Å². The fourth-order valence-electron chi connectivity index (χ4n) is 5.22. The zero-order valence-electron chi connectivity index (χ0n) is 27.7. The number of alkyl halides is 3. The molecule has 49 heavy (non-hydrogen) atoms. The fourth-order valence-corrected chi connectivity index (χ4v) is 5.22. The molecule has 3 aromatic rings. The van der Waals surface area contributed by atoms with Gasteiger partial charge in [-0.15, -0.1) is 0 Å². The average Bonchev–Trinajstić information content (AvgIpc) is 3.07. The largest absolute Gasteiger partial charge is 0.433 e. The third kappa shape index (κ3) is 12.7. The first-order chi connectivity index (χ1) is 23.3. The van der Waals surface area contributed by atoms with Gasteiger partial charge in [0, 0.05) is 18.2 Å². The van der Waals surface area contributed by atoms with E-state index in [1.807, 2.05) is 62.4 Å². The number of hydrogen-bond acceptors (Lipinski definition) is 7. The Morgan fingerprint density at radius 2 is 1.29 bits per heavy atom. The Kier molecular flexibility index (Phi) is 14.9. The summed E-state index contributed by atoms with van der Waals surface area (Å²) in [4.78, 5) is 57.5. The normalized spacial score (nSPS) is 14.0. The van der Waals surface area contributed by atoms with Crippen molar-refractivity contribution in [2.45, 2.75) is 82.7 Å². The quantitative estimate of drug-likeness (QED) is 0.101. The molecule has 0 aliphatic carbocycles. The van der Waals surface area contributed by atoms with Crippen molar-refractivity contribution in [1.29, 1.82) is 0 Å². The summed E-state index contributed by atoms with van der Waals surface area (Å²) in [7, 11) is 0. The second-order valence-electron chi connectivity index (χ2n) is 12.4.